The normalized spacial score (nSPS) is 24.1. The summed E-state index contributed by atoms with van der Waals surface area (Å²) >= 11 is 1.89. The lowest BCUT2D eigenvalue weighted by atomic mass is 9.97. The fraction of sp³-hybridized carbons (Fsp3) is 0.273. The van der Waals surface area contributed by atoms with E-state index < -0.39 is 0 Å². The highest BCUT2D eigenvalue weighted by Crippen LogP contribution is 2.48. The van der Waals surface area contributed by atoms with Crippen LogP contribution in [0.4, 0.5) is 0 Å². The number of benzene rings is 1. The van der Waals surface area contributed by atoms with Crippen molar-refractivity contribution < 1.29 is 0 Å². The van der Waals surface area contributed by atoms with Crippen LogP contribution in [0.25, 0.3) is 5.69 Å². The number of pyridine rings is 1. The van der Waals surface area contributed by atoms with Crippen LogP contribution in [-0.4, -0.2) is 31.4 Å². The second-order valence-corrected chi connectivity index (χ2v) is 8.01. The minimum absolute atomic E-state index is 0.0506. The highest BCUT2D eigenvalue weighted by Gasteiger charge is 2.45. The first kappa shape index (κ1) is 16.6. The van der Waals surface area contributed by atoms with Crippen LogP contribution in [0.3, 0.4) is 0 Å². The smallest absolute Gasteiger partial charge is 0.160 e. The van der Waals surface area contributed by atoms with E-state index in [2.05, 4.69) is 82.3 Å². The maximum Gasteiger partial charge on any atom is 0.160 e. The number of thioether (sulfide) groups is 1. The molecule has 2 aromatic heterocycles. The third kappa shape index (κ3) is 2.86. The second-order valence-electron chi connectivity index (χ2n) is 7.02. The minimum atomic E-state index is 0.0506. The number of aliphatic imine (C=N–C) groups is 1. The molecule has 4 heterocycles. The highest BCUT2D eigenvalue weighted by molar-refractivity contribution is 8.14. The van der Waals surface area contributed by atoms with E-state index in [0.29, 0.717) is 6.04 Å². The number of para-hydroxylation sites is 1. The Kier molecular flexibility index (Phi) is 4.24. The lowest BCUT2D eigenvalue weighted by molar-refractivity contribution is 0.255. The number of hydrogen-bond acceptors (Lipinski definition) is 4. The first-order valence-corrected chi connectivity index (χ1v) is 10.5. The Hall–Kier alpha value is -2.53. The Morgan fingerprint density at radius 1 is 1.07 bits per heavy atom. The summed E-state index contributed by atoms with van der Waals surface area (Å²) in [5.74, 6) is 1.13. The van der Waals surface area contributed by atoms with Crippen LogP contribution in [0.15, 0.2) is 78.2 Å². The van der Waals surface area contributed by atoms with Crippen LogP contribution in [0.2, 0.25) is 0 Å². The molecule has 27 heavy (non-hydrogen) atoms. The van der Waals surface area contributed by atoms with E-state index >= 15 is 0 Å². The van der Waals surface area contributed by atoms with Crippen molar-refractivity contribution in [1.82, 2.24) is 14.5 Å². The van der Waals surface area contributed by atoms with Gasteiger partial charge in [0, 0.05) is 36.1 Å². The van der Waals surface area contributed by atoms with Gasteiger partial charge in [0.1, 0.15) is 6.04 Å². The van der Waals surface area contributed by atoms with E-state index in [1.165, 1.54) is 16.4 Å². The number of hydrogen-bond donors (Lipinski definition) is 0. The van der Waals surface area contributed by atoms with Gasteiger partial charge in [-0.05, 0) is 42.3 Å². The zero-order valence-electron chi connectivity index (χ0n) is 15.3. The summed E-state index contributed by atoms with van der Waals surface area (Å²) in [6.07, 6.45) is 7.42. The van der Waals surface area contributed by atoms with Crippen LogP contribution in [0.1, 0.15) is 36.7 Å². The predicted molar refractivity (Wildman–Crippen MR) is 111 cm³/mol. The SMILES string of the molecule is CC[C@@H]1CSC2=N[C@H](c3ccccn3)[C@@H](c3ccn(-c4ccccc4)c3)N21. The molecule has 0 saturated carbocycles. The fourth-order valence-corrected chi connectivity index (χ4v) is 5.40. The van der Waals surface area contributed by atoms with Gasteiger partial charge in [-0.1, -0.05) is 43.0 Å². The molecule has 5 heteroatoms. The number of rotatable bonds is 4. The average molecular weight is 375 g/mol. The Bertz CT molecular complexity index is 951. The molecule has 3 aromatic rings. The Morgan fingerprint density at radius 3 is 2.70 bits per heavy atom. The van der Waals surface area contributed by atoms with Crippen LogP contribution in [-0.2, 0) is 0 Å². The molecule has 1 aromatic carbocycles. The second kappa shape index (κ2) is 6.89. The molecule has 2 aliphatic heterocycles. The molecular formula is C22H22N4S. The number of fused-ring (bicyclic) bond motifs is 1. The summed E-state index contributed by atoms with van der Waals surface area (Å²) in [5.41, 5.74) is 3.53. The van der Waals surface area contributed by atoms with Crippen molar-refractivity contribution in [2.45, 2.75) is 31.5 Å². The van der Waals surface area contributed by atoms with E-state index in [9.17, 15) is 0 Å². The zero-order valence-corrected chi connectivity index (χ0v) is 16.1. The molecule has 0 N–H and O–H groups in total. The Balaban J connectivity index is 1.56. The van der Waals surface area contributed by atoms with E-state index in [-0.39, 0.29) is 12.1 Å². The molecule has 0 unspecified atom stereocenters. The molecule has 2 aliphatic rings. The first-order valence-electron chi connectivity index (χ1n) is 9.48. The van der Waals surface area contributed by atoms with Gasteiger partial charge in [-0.2, -0.15) is 0 Å². The predicted octanol–water partition coefficient (Wildman–Crippen LogP) is 4.85. The van der Waals surface area contributed by atoms with Crippen LogP contribution in [0.5, 0.6) is 0 Å². The highest BCUT2D eigenvalue weighted by atomic mass is 32.2. The third-order valence-corrected chi connectivity index (χ3v) is 6.57. The topological polar surface area (TPSA) is 33.4 Å². The maximum absolute atomic E-state index is 5.09. The summed E-state index contributed by atoms with van der Waals surface area (Å²) in [6, 6.07) is 19.6. The molecule has 0 amide bonds. The fourth-order valence-electron chi connectivity index (χ4n) is 4.06. The Labute approximate surface area is 164 Å². The molecule has 1 saturated heterocycles. The first-order chi connectivity index (χ1) is 13.3. The van der Waals surface area contributed by atoms with Crippen LogP contribution < -0.4 is 0 Å². The third-order valence-electron chi connectivity index (χ3n) is 5.44. The molecule has 136 valence electrons. The van der Waals surface area contributed by atoms with Gasteiger partial charge >= 0.3 is 0 Å². The molecular weight excluding hydrogens is 352 g/mol. The van der Waals surface area contributed by atoms with Crippen molar-refractivity contribution >= 4 is 16.9 Å². The molecule has 1 fully saturated rings. The maximum atomic E-state index is 5.09. The van der Waals surface area contributed by atoms with Crippen molar-refractivity contribution in [2.75, 3.05) is 5.75 Å². The van der Waals surface area contributed by atoms with Gasteiger partial charge in [-0.15, -0.1) is 0 Å². The summed E-state index contributed by atoms with van der Waals surface area (Å²) in [6.45, 7) is 2.27. The summed E-state index contributed by atoms with van der Waals surface area (Å²) in [4.78, 5) is 12.3. The zero-order chi connectivity index (χ0) is 18.2. The molecule has 5 rings (SSSR count). The van der Waals surface area contributed by atoms with E-state index in [0.717, 1.165) is 17.9 Å². The minimum Gasteiger partial charge on any atom is -0.338 e. The van der Waals surface area contributed by atoms with Gasteiger partial charge in [0.2, 0.25) is 0 Å². The standard InChI is InChI=1S/C22H22N4S/c1-2-17-15-27-22-24-20(19-10-6-7-12-23-19)21(26(17)22)16-11-13-25(14-16)18-8-4-3-5-9-18/h3-14,17,20-21H,2,15H2,1H3/t17-,20-,21-/m1/s1. The van der Waals surface area contributed by atoms with Crippen molar-refractivity contribution in [3.05, 3.63) is 84.4 Å². The number of nitrogens with zero attached hydrogens (tertiary/aromatic N) is 4. The summed E-state index contributed by atoms with van der Waals surface area (Å²) < 4.78 is 2.20. The molecule has 3 atom stereocenters. The summed E-state index contributed by atoms with van der Waals surface area (Å²) in [5, 5.41) is 1.18. The van der Waals surface area contributed by atoms with Gasteiger partial charge in [0.05, 0.1) is 11.7 Å². The van der Waals surface area contributed by atoms with Gasteiger partial charge < -0.3 is 9.47 Å². The monoisotopic (exact) mass is 374 g/mol. The van der Waals surface area contributed by atoms with Crippen LogP contribution >= 0.6 is 11.8 Å². The van der Waals surface area contributed by atoms with Crippen molar-refractivity contribution in [3.63, 3.8) is 0 Å². The number of aromatic nitrogens is 2. The van der Waals surface area contributed by atoms with Crippen LogP contribution in [0, 0.1) is 0 Å². The largest absolute Gasteiger partial charge is 0.338 e. The quantitative estimate of drug-likeness (QED) is 0.654. The lowest BCUT2D eigenvalue weighted by Gasteiger charge is -2.31. The van der Waals surface area contributed by atoms with E-state index in [1.807, 2.05) is 24.0 Å². The van der Waals surface area contributed by atoms with Gasteiger partial charge in [-0.25, -0.2) is 0 Å². The van der Waals surface area contributed by atoms with Crippen molar-refractivity contribution in [1.29, 1.82) is 0 Å². The van der Waals surface area contributed by atoms with Crippen molar-refractivity contribution in [2.24, 2.45) is 4.99 Å². The molecule has 4 nitrogen and oxygen atoms in total. The number of amidine groups is 1. The lowest BCUT2D eigenvalue weighted by Crippen LogP contribution is -2.35. The van der Waals surface area contributed by atoms with Gasteiger partial charge in [0.25, 0.3) is 0 Å². The van der Waals surface area contributed by atoms with Gasteiger partial charge in [-0.3, -0.25) is 9.98 Å². The molecule has 0 radical (unpaired) electrons. The Morgan fingerprint density at radius 2 is 1.93 bits per heavy atom. The molecule has 0 bridgehead atoms. The van der Waals surface area contributed by atoms with E-state index in [4.69, 9.17) is 4.99 Å². The molecule has 0 aliphatic carbocycles. The average Bonchev–Trinajstić information content (AvgIpc) is 3.44. The van der Waals surface area contributed by atoms with Gasteiger partial charge in [0.15, 0.2) is 5.17 Å². The molecule has 0 spiro atoms. The van der Waals surface area contributed by atoms with Crippen molar-refractivity contribution in [3.8, 4) is 5.69 Å². The van der Waals surface area contributed by atoms with E-state index in [1.54, 1.807) is 0 Å². The summed E-state index contributed by atoms with van der Waals surface area (Å²) in [7, 11) is 0.